The minimum absolute atomic E-state index is 0.279. The fourth-order valence-electron chi connectivity index (χ4n) is 4.49. The molecule has 1 saturated carbocycles. The van der Waals surface area contributed by atoms with Crippen LogP contribution in [0.5, 0.6) is 5.75 Å². The lowest BCUT2D eigenvalue weighted by molar-refractivity contribution is -0.144. The number of hydrogen-bond donors (Lipinski definition) is 0. The van der Waals surface area contributed by atoms with E-state index in [0.717, 1.165) is 24.6 Å². The van der Waals surface area contributed by atoms with Gasteiger partial charge in [0.1, 0.15) is 30.0 Å². The van der Waals surface area contributed by atoms with Crippen molar-refractivity contribution in [2.45, 2.75) is 51.2 Å². The molecule has 36 heavy (non-hydrogen) atoms. The molecule has 188 valence electrons. The van der Waals surface area contributed by atoms with Gasteiger partial charge in [-0.3, -0.25) is 9.36 Å². The van der Waals surface area contributed by atoms with Crippen LogP contribution in [0.3, 0.4) is 0 Å². The van der Waals surface area contributed by atoms with Crippen molar-refractivity contribution in [3.63, 3.8) is 0 Å². The number of thiophene rings is 1. The summed E-state index contributed by atoms with van der Waals surface area (Å²) in [4.78, 5) is 21.5. The zero-order valence-electron chi connectivity index (χ0n) is 19.0. The van der Waals surface area contributed by atoms with E-state index in [4.69, 9.17) is 16.3 Å². The first kappa shape index (κ1) is 24.7. The molecule has 5 rings (SSSR count). The van der Waals surface area contributed by atoms with E-state index in [-0.39, 0.29) is 6.54 Å². The number of aryl methyl sites for hydroxylation is 1. The van der Waals surface area contributed by atoms with Crippen LogP contribution in [0.2, 0.25) is 5.02 Å². The molecule has 2 atom stereocenters. The zero-order valence-corrected chi connectivity index (χ0v) is 20.6. The Labute approximate surface area is 212 Å². The first-order valence-corrected chi connectivity index (χ1v) is 12.4. The number of ether oxygens (including phenoxy) is 1. The molecule has 5 nitrogen and oxygen atoms in total. The van der Waals surface area contributed by atoms with Gasteiger partial charge in [-0.05, 0) is 56.0 Å². The highest BCUT2D eigenvalue weighted by Gasteiger charge is 2.34. The van der Waals surface area contributed by atoms with Gasteiger partial charge in [0.25, 0.3) is 5.56 Å². The maximum atomic E-state index is 14.3. The van der Waals surface area contributed by atoms with Crippen LogP contribution in [-0.4, -0.2) is 26.8 Å². The molecule has 0 N–H and O–H groups in total. The highest BCUT2D eigenvalue weighted by atomic mass is 35.5. The van der Waals surface area contributed by atoms with Crippen LogP contribution in [0.25, 0.3) is 21.5 Å². The number of alkyl halides is 4. The monoisotopic (exact) mass is 537 g/mol. The zero-order chi connectivity index (χ0) is 25.6. The lowest BCUT2D eigenvalue weighted by Gasteiger charge is -2.20. The van der Waals surface area contributed by atoms with Crippen LogP contribution in [-0.2, 0) is 12.7 Å². The molecule has 4 aromatic rings. The van der Waals surface area contributed by atoms with Gasteiger partial charge in [-0.15, -0.1) is 11.3 Å². The summed E-state index contributed by atoms with van der Waals surface area (Å²) in [5.41, 5.74) is 0.454. The summed E-state index contributed by atoms with van der Waals surface area (Å²) in [6, 6.07) is 8.09. The topological polar surface area (TPSA) is 57.0 Å². The summed E-state index contributed by atoms with van der Waals surface area (Å²) in [7, 11) is 0. The van der Waals surface area contributed by atoms with Crippen molar-refractivity contribution in [1.82, 2.24) is 14.5 Å². The Hall–Kier alpha value is -2.98. The van der Waals surface area contributed by atoms with Gasteiger partial charge < -0.3 is 4.74 Å². The van der Waals surface area contributed by atoms with Gasteiger partial charge >= 0.3 is 6.18 Å². The van der Waals surface area contributed by atoms with Gasteiger partial charge in [-0.2, -0.15) is 13.2 Å². The second-order valence-corrected chi connectivity index (χ2v) is 10.3. The van der Waals surface area contributed by atoms with Crippen LogP contribution in [0.15, 0.2) is 47.5 Å². The van der Waals surface area contributed by atoms with Gasteiger partial charge in [0.2, 0.25) is 0 Å². The van der Waals surface area contributed by atoms with Crippen LogP contribution in [0, 0.1) is 6.92 Å². The summed E-state index contributed by atoms with van der Waals surface area (Å²) in [5, 5.41) is 0.437. The average molecular weight is 538 g/mol. The van der Waals surface area contributed by atoms with E-state index in [0.29, 0.717) is 60.1 Å². The Morgan fingerprint density at radius 1 is 1.19 bits per heavy atom. The number of hydrogen-bond acceptors (Lipinski definition) is 5. The Balaban J connectivity index is 1.60. The maximum Gasteiger partial charge on any atom is 0.431 e. The third-order valence-electron chi connectivity index (χ3n) is 6.15. The van der Waals surface area contributed by atoms with E-state index in [1.807, 2.05) is 6.92 Å². The molecule has 0 aliphatic heterocycles. The van der Waals surface area contributed by atoms with Crippen molar-refractivity contribution in [3.05, 3.63) is 74.2 Å². The quantitative estimate of drug-likeness (QED) is 0.262. The number of pyridine rings is 1. The summed E-state index contributed by atoms with van der Waals surface area (Å²) >= 11 is 7.52. The number of fused-ring (bicyclic) bond motifs is 1. The molecule has 0 spiro atoms. The molecule has 3 aromatic heterocycles. The fraction of sp³-hybridized carbons (Fsp3) is 0.320. The first-order valence-electron chi connectivity index (χ1n) is 11.2. The van der Waals surface area contributed by atoms with Crippen molar-refractivity contribution < 1.29 is 22.3 Å². The minimum Gasteiger partial charge on any atom is -0.486 e. The van der Waals surface area contributed by atoms with Crippen LogP contribution >= 0.6 is 22.9 Å². The highest BCUT2D eigenvalue weighted by molar-refractivity contribution is 7.19. The maximum absolute atomic E-state index is 14.3. The Morgan fingerprint density at radius 2 is 2.00 bits per heavy atom. The third-order valence-corrected chi connectivity index (χ3v) is 7.49. The molecule has 11 heteroatoms. The predicted octanol–water partition coefficient (Wildman–Crippen LogP) is 6.82. The van der Waals surface area contributed by atoms with Crippen LogP contribution in [0.4, 0.5) is 17.6 Å². The van der Waals surface area contributed by atoms with E-state index in [2.05, 4.69) is 9.97 Å². The standard InChI is InChI=1S/C25H20ClF4N3O2S/c1-13-8-14(26)9-16(23(13)35-19-5-2-4-17(19)27)22-24-18(31-12-32-22)10-15(36-24)11-33-20(25(28,29)30)6-3-7-21(33)34/h3,6-10,12,17,19H,2,4-5,11H2,1H3/t17-,19+/m0/s1. The molecule has 0 saturated heterocycles. The van der Waals surface area contributed by atoms with Crippen molar-refractivity contribution in [2.75, 3.05) is 0 Å². The van der Waals surface area contributed by atoms with Gasteiger partial charge in [0.05, 0.1) is 22.5 Å². The highest BCUT2D eigenvalue weighted by Crippen LogP contribution is 2.42. The fourth-order valence-corrected chi connectivity index (χ4v) is 5.86. The molecule has 1 aromatic carbocycles. The molecule has 3 heterocycles. The minimum atomic E-state index is -4.68. The number of benzene rings is 1. The number of halogens is 5. The smallest absolute Gasteiger partial charge is 0.431 e. The predicted molar refractivity (Wildman–Crippen MR) is 131 cm³/mol. The van der Waals surface area contributed by atoms with Crippen LogP contribution < -0.4 is 10.3 Å². The van der Waals surface area contributed by atoms with E-state index >= 15 is 0 Å². The third kappa shape index (κ3) is 4.71. The molecule has 0 bridgehead atoms. The number of aromatic nitrogens is 3. The summed E-state index contributed by atoms with van der Waals surface area (Å²) in [6.07, 6.45) is -3.21. The molecule has 0 amide bonds. The number of nitrogens with zero attached hydrogens (tertiary/aromatic N) is 3. The van der Waals surface area contributed by atoms with E-state index in [1.165, 1.54) is 17.7 Å². The molecule has 0 unspecified atom stereocenters. The largest absolute Gasteiger partial charge is 0.486 e. The normalized spacial score (nSPS) is 18.2. The summed E-state index contributed by atoms with van der Waals surface area (Å²) in [5.74, 6) is 0.461. The van der Waals surface area contributed by atoms with Gasteiger partial charge in [0.15, 0.2) is 0 Å². The molecule has 1 aliphatic carbocycles. The van der Waals surface area contributed by atoms with Crippen molar-refractivity contribution in [1.29, 1.82) is 0 Å². The summed E-state index contributed by atoms with van der Waals surface area (Å²) < 4.78 is 62.3. The van der Waals surface area contributed by atoms with Crippen molar-refractivity contribution in [3.8, 4) is 17.0 Å². The molecular weight excluding hydrogens is 518 g/mol. The van der Waals surface area contributed by atoms with E-state index in [1.54, 1.807) is 18.2 Å². The molecular formula is C25H20ClF4N3O2S. The molecule has 1 fully saturated rings. The second-order valence-electron chi connectivity index (χ2n) is 8.69. The van der Waals surface area contributed by atoms with Crippen LogP contribution in [0.1, 0.15) is 35.4 Å². The van der Waals surface area contributed by atoms with Crippen molar-refractivity contribution >= 4 is 33.2 Å². The summed E-state index contributed by atoms with van der Waals surface area (Å²) in [6.45, 7) is 1.53. The first-order chi connectivity index (χ1) is 17.1. The molecule has 1 aliphatic rings. The lowest BCUT2D eigenvalue weighted by atomic mass is 10.1. The van der Waals surface area contributed by atoms with Crippen molar-refractivity contribution in [2.24, 2.45) is 0 Å². The second kappa shape index (κ2) is 9.48. The average Bonchev–Trinajstić information content (AvgIpc) is 3.41. The van der Waals surface area contributed by atoms with Gasteiger partial charge in [-0.25, -0.2) is 14.4 Å². The number of rotatable bonds is 5. The van der Waals surface area contributed by atoms with Gasteiger partial charge in [-0.1, -0.05) is 17.7 Å². The Kier molecular flexibility index (Phi) is 6.50. The molecule has 0 radical (unpaired) electrons. The van der Waals surface area contributed by atoms with Gasteiger partial charge in [0, 0.05) is 21.5 Å². The van der Waals surface area contributed by atoms with E-state index in [9.17, 15) is 22.4 Å². The Morgan fingerprint density at radius 3 is 2.72 bits per heavy atom. The van der Waals surface area contributed by atoms with E-state index < -0.39 is 29.7 Å². The SMILES string of the molecule is Cc1cc(Cl)cc(-c2ncnc3cc(Cn4c(C(F)(F)F)cccc4=O)sc23)c1O[C@@H]1CCC[C@@H]1F. The lowest BCUT2D eigenvalue weighted by Crippen LogP contribution is -2.27. The Bertz CT molecular complexity index is 1500.